The number of nitro groups is 1. The van der Waals surface area contributed by atoms with Crippen molar-refractivity contribution in [2.24, 2.45) is 0 Å². The van der Waals surface area contributed by atoms with Crippen molar-refractivity contribution in [1.29, 1.82) is 0 Å². The van der Waals surface area contributed by atoms with E-state index in [-0.39, 0.29) is 16.5 Å². The van der Waals surface area contributed by atoms with Crippen LogP contribution in [0.25, 0.3) is 0 Å². The van der Waals surface area contributed by atoms with Crippen molar-refractivity contribution >= 4 is 45.6 Å². The largest absolute Gasteiger partial charge is 0.380 e. The van der Waals surface area contributed by atoms with Crippen LogP contribution in [0.2, 0.25) is 5.02 Å². The van der Waals surface area contributed by atoms with Gasteiger partial charge in [-0.05, 0) is 52.4 Å². The Morgan fingerprint density at radius 2 is 2.05 bits per heavy atom. The van der Waals surface area contributed by atoms with E-state index in [1.54, 1.807) is 12.1 Å². The molecule has 0 aliphatic heterocycles. The van der Waals surface area contributed by atoms with Gasteiger partial charge in [-0.1, -0.05) is 17.7 Å². The van der Waals surface area contributed by atoms with Gasteiger partial charge in [0, 0.05) is 21.9 Å². The lowest BCUT2D eigenvalue weighted by Crippen LogP contribution is -2.02. The lowest BCUT2D eigenvalue weighted by molar-refractivity contribution is -0.384. The molecular weight excluding hydrogens is 398 g/mol. The second-order valence-corrected chi connectivity index (χ2v) is 5.59. The van der Waals surface area contributed by atoms with E-state index in [9.17, 15) is 14.5 Å². The molecule has 0 bridgehead atoms. The molecule has 20 heavy (non-hydrogen) atoms. The Morgan fingerprint density at radius 1 is 1.30 bits per heavy atom. The molecule has 0 radical (unpaired) electrons. The summed E-state index contributed by atoms with van der Waals surface area (Å²) in [7, 11) is 0. The molecule has 0 amide bonds. The highest BCUT2D eigenvalue weighted by atomic mass is 127. The Balaban J connectivity index is 2.15. The highest BCUT2D eigenvalue weighted by Gasteiger charge is 2.12. The van der Waals surface area contributed by atoms with Crippen LogP contribution >= 0.6 is 34.2 Å². The summed E-state index contributed by atoms with van der Waals surface area (Å²) < 4.78 is 13.7. The van der Waals surface area contributed by atoms with Crippen molar-refractivity contribution < 1.29 is 9.31 Å². The SMILES string of the molecule is O=[N+]([O-])c1cc(CNc2ccc(F)cc2I)ccc1Cl. The van der Waals surface area contributed by atoms with Crippen LogP contribution in [0, 0.1) is 19.5 Å². The van der Waals surface area contributed by atoms with Gasteiger partial charge in [0.2, 0.25) is 0 Å². The maximum atomic E-state index is 13.0. The lowest BCUT2D eigenvalue weighted by Gasteiger charge is -2.09. The average molecular weight is 407 g/mol. The van der Waals surface area contributed by atoms with E-state index in [4.69, 9.17) is 11.6 Å². The van der Waals surface area contributed by atoms with Crippen LogP contribution in [0.3, 0.4) is 0 Å². The molecule has 0 unspecified atom stereocenters. The Bertz CT molecular complexity index is 667. The molecule has 2 aromatic carbocycles. The Kier molecular flexibility index (Phi) is 4.77. The fraction of sp³-hybridized carbons (Fsp3) is 0.0769. The zero-order valence-electron chi connectivity index (χ0n) is 10.1. The smallest absolute Gasteiger partial charge is 0.288 e. The molecule has 1 N–H and O–H groups in total. The lowest BCUT2D eigenvalue weighted by atomic mass is 10.2. The van der Waals surface area contributed by atoms with Crippen molar-refractivity contribution in [3.63, 3.8) is 0 Å². The fourth-order valence-electron chi connectivity index (χ4n) is 1.64. The molecule has 0 saturated heterocycles. The Hall–Kier alpha value is -1.41. The summed E-state index contributed by atoms with van der Waals surface area (Å²) in [6, 6.07) is 9.01. The van der Waals surface area contributed by atoms with Crippen LogP contribution in [0.15, 0.2) is 36.4 Å². The van der Waals surface area contributed by atoms with Crippen molar-refractivity contribution in [1.82, 2.24) is 0 Å². The molecule has 0 aliphatic rings. The summed E-state index contributed by atoms with van der Waals surface area (Å²) in [6.45, 7) is 0.389. The normalized spacial score (nSPS) is 10.3. The third-order valence-electron chi connectivity index (χ3n) is 2.62. The summed E-state index contributed by atoms with van der Waals surface area (Å²) in [5, 5.41) is 14.0. The van der Waals surface area contributed by atoms with E-state index >= 15 is 0 Å². The van der Waals surface area contributed by atoms with Gasteiger partial charge in [0.15, 0.2) is 0 Å². The van der Waals surface area contributed by atoms with E-state index in [1.807, 2.05) is 22.6 Å². The summed E-state index contributed by atoms with van der Waals surface area (Å²) in [5.74, 6) is -0.304. The minimum absolute atomic E-state index is 0.107. The number of nitrogens with zero attached hydrogens (tertiary/aromatic N) is 1. The summed E-state index contributed by atoms with van der Waals surface area (Å²) >= 11 is 7.77. The summed E-state index contributed by atoms with van der Waals surface area (Å²) in [6.07, 6.45) is 0. The maximum absolute atomic E-state index is 13.0. The predicted octanol–water partition coefficient (Wildman–Crippen LogP) is 4.60. The zero-order chi connectivity index (χ0) is 14.7. The molecule has 2 rings (SSSR count). The van der Waals surface area contributed by atoms with Crippen LogP contribution in [-0.4, -0.2) is 4.92 Å². The van der Waals surface area contributed by atoms with E-state index in [0.29, 0.717) is 6.54 Å². The molecular formula is C13H9ClFIN2O2. The second kappa shape index (κ2) is 6.36. The van der Waals surface area contributed by atoms with Gasteiger partial charge >= 0.3 is 0 Å². The molecule has 0 atom stereocenters. The first-order chi connectivity index (χ1) is 9.47. The number of benzene rings is 2. The number of nitro benzene ring substituents is 1. The topological polar surface area (TPSA) is 55.2 Å². The zero-order valence-corrected chi connectivity index (χ0v) is 13.0. The van der Waals surface area contributed by atoms with Crippen LogP contribution in [0.1, 0.15) is 5.56 Å². The van der Waals surface area contributed by atoms with E-state index in [2.05, 4.69) is 5.32 Å². The minimum atomic E-state index is -0.520. The van der Waals surface area contributed by atoms with Gasteiger partial charge in [0.05, 0.1) is 4.92 Å². The number of rotatable bonds is 4. The number of hydrogen-bond donors (Lipinski definition) is 1. The second-order valence-electron chi connectivity index (χ2n) is 4.02. The third-order valence-corrected chi connectivity index (χ3v) is 3.83. The fourth-order valence-corrected chi connectivity index (χ4v) is 2.49. The van der Waals surface area contributed by atoms with E-state index < -0.39 is 4.92 Å². The van der Waals surface area contributed by atoms with Crippen molar-refractivity contribution in [3.05, 3.63) is 66.5 Å². The molecule has 0 fully saturated rings. The molecule has 104 valence electrons. The molecule has 2 aromatic rings. The minimum Gasteiger partial charge on any atom is -0.380 e. The van der Waals surface area contributed by atoms with Crippen molar-refractivity contribution in [2.75, 3.05) is 5.32 Å². The van der Waals surface area contributed by atoms with Gasteiger partial charge in [-0.2, -0.15) is 0 Å². The van der Waals surface area contributed by atoms with Gasteiger partial charge < -0.3 is 5.32 Å². The molecule has 0 heterocycles. The van der Waals surface area contributed by atoms with Crippen LogP contribution < -0.4 is 5.32 Å². The number of halogens is 3. The Morgan fingerprint density at radius 3 is 2.70 bits per heavy atom. The first-order valence-corrected chi connectivity index (χ1v) is 7.05. The summed E-state index contributed by atoms with van der Waals surface area (Å²) in [5.41, 5.74) is 1.37. The summed E-state index contributed by atoms with van der Waals surface area (Å²) in [4.78, 5) is 10.3. The van der Waals surface area contributed by atoms with Gasteiger partial charge in [-0.15, -0.1) is 0 Å². The molecule has 0 aliphatic carbocycles. The van der Waals surface area contributed by atoms with Gasteiger partial charge in [-0.3, -0.25) is 10.1 Å². The van der Waals surface area contributed by atoms with Crippen molar-refractivity contribution in [2.45, 2.75) is 6.54 Å². The van der Waals surface area contributed by atoms with E-state index in [1.165, 1.54) is 24.3 Å². The monoisotopic (exact) mass is 406 g/mol. The van der Waals surface area contributed by atoms with Crippen LogP contribution in [-0.2, 0) is 6.54 Å². The quantitative estimate of drug-likeness (QED) is 0.458. The van der Waals surface area contributed by atoms with Gasteiger partial charge in [0.25, 0.3) is 5.69 Å². The van der Waals surface area contributed by atoms with Crippen LogP contribution in [0.5, 0.6) is 0 Å². The highest BCUT2D eigenvalue weighted by Crippen LogP contribution is 2.26. The Labute approximate surface area is 133 Å². The molecule has 7 heteroatoms. The molecule has 0 saturated carbocycles. The van der Waals surface area contributed by atoms with Crippen molar-refractivity contribution in [3.8, 4) is 0 Å². The first kappa shape index (κ1) is 15.0. The number of anilines is 1. The van der Waals surface area contributed by atoms with Crippen LogP contribution in [0.4, 0.5) is 15.8 Å². The molecule has 4 nitrogen and oxygen atoms in total. The first-order valence-electron chi connectivity index (χ1n) is 5.59. The number of nitrogens with one attached hydrogen (secondary N) is 1. The average Bonchev–Trinajstić information content (AvgIpc) is 2.39. The molecule has 0 aromatic heterocycles. The predicted molar refractivity (Wildman–Crippen MR) is 84.6 cm³/mol. The standard InChI is InChI=1S/C13H9ClFIN2O2/c14-10-3-1-8(5-13(10)18(19)20)7-17-12-4-2-9(15)6-11(12)16/h1-6,17H,7H2. The number of hydrogen-bond acceptors (Lipinski definition) is 3. The van der Waals surface area contributed by atoms with Gasteiger partial charge in [0.1, 0.15) is 10.8 Å². The highest BCUT2D eigenvalue weighted by molar-refractivity contribution is 14.1. The van der Waals surface area contributed by atoms with E-state index in [0.717, 1.165) is 14.8 Å². The maximum Gasteiger partial charge on any atom is 0.288 e. The van der Waals surface area contributed by atoms with Gasteiger partial charge in [-0.25, -0.2) is 4.39 Å². The third kappa shape index (κ3) is 3.57. The molecule has 0 spiro atoms.